The number of rotatable bonds is 1. The minimum atomic E-state index is 0.393. The fraction of sp³-hybridized carbons (Fsp3) is 0.375. The number of fused-ring (bicyclic) bond motifs is 1. The lowest BCUT2D eigenvalue weighted by molar-refractivity contribution is 0.442. The Kier molecular flexibility index (Phi) is 1.58. The van der Waals surface area contributed by atoms with E-state index in [9.17, 15) is 0 Å². The predicted molar refractivity (Wildman–Crippen MR) is 50.4 cm³/mol. The lowest BCUT2D eigenvalue weighted by Crippen LogP contribution is -1.85. The Morgan fingerprint density at radius 3 is 3.00 bits per heavy atom. The fourth-order valence-electron chi connectivity index (χ4n) is 1.15. The minimum absolute atomic E-state index is 0.393. The highest BCUT2D eigenvalue weighted by Gasteiger charge is 2.13. The average Bonchev–Trinajstić information content (AvgIpc) is 2.43. The van der Waals surface area contributed by atoms with Crippen LogP contribution < -0.4 is 5.73 Å². The largest absolute Gasteiger partial charge is 0.390 e. The van der Waals surface area contributed by atoms with E-state index < -0.39 is 0 Å². The van der Waals surface area contributed by atoms with Gasteiger partial charge in [-0.15, -0.1) is 11.3 Å². The van der Waals surface area contributed by atoms with Crippen molar-refractivity contribution in [3.05, 3.63) is 11.8 Å². The van der Waals surface area contributed by atoms with Crippen molar-refractivity contribution < 1.29 is 4.52 Å². The standard InChI is InChI=1S/C8H10N2OS/c1-4(2)7-8-5(11-10-7)3-6(9)12-8/h3-4H,9H2,1-2H3. The number of hydrogen-bond donors (Lipinski definition) is 1. The third-order valence-electron chi connectivity index (χ3n) is 1.74. The van der Waals surface area contributed by atoms with E-state index in [0.717, 1.165) is 21.0 Å². The van der Waals surface area contributed by atoms with Crippen LogP contribution in [0.1, 0.15) is 25.5 Å². The van der Waals surface area contributed by atoms with Crippen molar-refractivity contribution in [2.24, 2.45) is 0 Å². The molecule has 2 aromatic rings. The second-order valence-corrected chi connectivity index (χ2v) is 4.15. The molecule has 0 fully saturated rings. The van der Waals surface area contributed by atoms with Gasteiger partial charge in [0.2, 0.25) is 0 Å². The Labute approximate surface area is 74.2 Å². The summed E-state index contributed by atoms with van der Waals surface area (Å²) >= 11 is 1.54. The molecule has 2 rings (SSSR count). The van der Waals surface area contributed by atoms with Gasteiger partial charge in [0.15, 0.2) is 5.58 Å². The van der Waals surface area contributed by atoms with Gasteiger partial charge in [-0.25, -0.2) is 0 Å². The molecular formula is C8H10N2OS. The van der Waals surface area contributed by atoms with E-state index in [-0.39, 0.29) is 0 Å². The molecule has 0 unspecified atom stereocenters. The maximum Gasteiger partial charge on any atom is 0.180 e. The van der Waals surface area contributed by atoms with Gasteiger partial charge in [0, 0.05) is 12.0 Å². The van der Waals surface area contributed by atoms with E-state index in [1.807, 2.05) is 6.07 Å². The molecule has 0 atom stereocenters. The Hall–Kier alpha value is -1.03. The van der Waals surface area contributed by atoms with Crippen LogP contribution in [0.3, 0.4) is 0 Å². The van der Waals surface area contributed by atoms with Crippen molar-refractivity contribution >= 4 is 26.6 Å². The molecule has 0 spiro atoms. The normalized spacial score (nSPS) is 11.6. The number of hydrogen-bond acceptors (Lipinski definition) is 4. The molecule has 0 saturated carbocycles. The molecule has 4 heteroatoms. The van der Waals surface area contributed by atoms with Gasteiger partial charge < -0.3 is 10.3 Å². The summed E-state index contributed by atoms with van der Waals surface area (Å²) in [4.78, 5) is 0. The number of aromatic nitrogens is 1. The van der Waals surface area contributed by atoms with Gasteiger partial charge in [-0.3, -0.25) is 0 Å². The summed E-state index contributed by atoms with van der Waals surface area (Å²) in [6.07, 6.45) is 0. The quantitative estimate of drug-likeness (QED) is 0.737. The first kappa shape index (κ1) is 7.61. The first-order valence-electron chi connectivity index (χ1n) is 3.83. The molecule has 3 nitrogen and oxygen atoms in total. The van der Waals surface area contributed by atoms with Crippen LogP contribution in [0.4, 0.5) is 5.00 Å². The van der Waals surface area contributed by atoms with Crippen LogP contribution in [0.15, 0.2) is 10.6 Å². The van der Waals surface area contributed by atoms with E-state index in [0.29, 0.717) is 5.92 Å². The number of anilines is 1. The number of nitrogens with zero attached hydrogens (tertiary/aromatic N) is 1. The zero-order valence-corrected chi connectivity index (χ0v) is 7.81. The van der Waals surface area contributed by atoms with E-state index in [2.05, 4.69) is 19.0 Å². The van der Waals surface area contributed by atoms with Gasteiger partial charge in [0.25, 0.3) is 0 Å². The molecule has 0 aromatic carbocycles. The van der Waals surface area contributed by atoms with Crippen LogP contribution in [-0.4, -0.2) is 5.16 Å². The first-order valence-corrected chi connectivity index (χ1v) is 4.64. The zero-order chi connectivity index (χ0) is 8.72. The summed E-state index contributed by atoms with van der Waals surface area (Å²) in [5.41, 5.74) is 7.45. The minimum Gasteiger partial charge on any atom is -0.390 e. The van der Waals surface area contributed by atoms with Crippen LogP contribution in [0, 0.1) is 0 Å². The second-order valence-electron chi connectivity index (χ2n) is 3.06. The molecule has 0 saturated heterocycles. The van der Waals surface area contributed by atoms with Crippen molar-refractivity contribution in [3.63, 3.8) is 0 Å². The molecule has 0 amide bonds. The maximum absolute atomic E-state index is 5.63. The highest BCUT2D eigenvalue weighted by Crippen LogP contribution is 2.33. The molecule has 0 radical (unpaired) electrons. The van der Waals surface area contributed by atoms with Crippen LogP contribution >= 0.6 is 11.3 Å². The Morgan fingerprint density at radius 2 is 2.33 bits per heavy atom. The van der Waals surface area contributed by atoms with Crippen molar-refractivity contribution in [1.29, 1.82) is 0 Å². The molecule has 0 bridgehead atoms. The monoisotopic (exact) mass is 182 g/mol. The van der Waals surface area contributed by atoms with Crippen LogP contribution in [0.2, 0.25) is 0 Å². The molecule has 2 heterocycles. The fourth-order valence-corrected chi connectivity index (χ4v) is 2.12. The molecular weight excluding hydrogens is 172 g/mol. The van der Waals surface area contributed by atoms with Crippen LogP contribution in [0.5, 0.6) is 0 Å². The SMILES string of the molecule is CC(C)c1noc2cc(N)sc12. The lowest BCUT2D eigenvalue weighted by Gasteiger charge is -1.95. The van der Waals surface area contributed by atoms with Gasteiger partial charge in [0.05, 0.1) is 9.70 Å². The van der Waals surface area contributed by atoms with E-state index in [1.54, 1.807) is 0 Å². The molecule has 12 heavy (non-hydrogen) atoms. The van der Waals surface area contributed by atoms with E-state index >= 15 is 0 Å². The smallest absolute Gasteiger partial charge is 0.180 e. The topological polar surface area (TPSA) is 52.0 Å². The van der Waals surface area contributed by atoms with Gasteiger partial charge in [-0.1, -0.05) is 19.0 Å². The third kappa shape index (κ3) is 0.992. The zero-order valence-electron chi connectivity index (χ0n) is 7.00. The van der Waals surface area contributed by atoms with Crippen molar-refractivity contribution in [1.82, 2.24) is 5.16 Å². The highest BCUT2D eigenvalue weighted by molar-refractivity contribution is 7.22. The molecule has 0 aliphatic rings. The van der Waals surface area contributed by atoms with Gasteiger partial charge in [0.1, 0.15) is 5.69 Å². The molecule has 0 aliphatic heterocycles. The highest BCUT2D eigenvalue weighted by atomic mass is 32.1. The number of thiophene rings is 1. The maximum atomic E-state index is 5.63. The number of nitrogens with two attached hydrogens (primary N) is 1. The van der Waals surface area contributed by atoms with Gasteiger partial charge in [-0.05, 0) is 0 Å². The summed E-state index contributed by atoms with van der Waals surface area (Å²) in [5, 5.41) is 4.76. The summed E-state index contributed by atoms with van der Waals surface area (Å²) in [7, 11) is 0. The van der Waals surface area contributed by atoms with Crippen molar-refractivity contribution in [2.45, 2.75) is 19.8 Å². The number of nitrogen functional groups attached to an aromatic ring is 1. The van der Waals surface area contributed by atoms with Gasteiger partial charge >= 0.3 is 0 Å². The van der Waals surface area contributed by atoms with Crippen molar-refractivity contribution in [2.75, 3.05) is 5.73 Å². The van der Waals surface area contributed by atoms with Crippen molar-refractivity contribution in [3.8, 4) is 0 Å². The summed E-state index contributed by atoms with van der Waals surface area (Å²) in [6.45, 7) is 4.18. The van der Waals surface area contributed by atoms with Crippen LogP contribution in [-0.2, 0) is 0 Å². The summed E-state index contributed by atoms with van der Waals surface area (Å²) in [6, 6.07) is 1.82. The Balaban J connectivity index is 2.68. The second kappa shape index (κ2) is 2.48. The third-order valence-corrected chi connectivity index (χ3v) is 2.71. The van der Waals surface area contributed by atoms with E-state index in [1.165, 1.54) is 11.3 Å². The molecule has 64 valence electrons. The Bertz CT molecular complexity index is 402. The average molecular weight is 182 g/mol. The van der Waals surface area contributed by atoms with E-state index in [4.69, 9.17) is 10.3 Å². The van der Waals surface area contributed by atoms with Gasteiger partial charge in [-0.2, -0.15) is 0 Å². The Morgan fingerprint density at radius 1 is 1.58 bits per heavy atom. The first-order chi connectivity index (χ1) is 5.68. The lowest BCUT2D eigenvalue weighted by atomic mass is 10.1. The molecule has 2 N–H and O–H groups in total. The summed E-state index contributed by atoms with van der Waals surface area (Å²) in [5.74, 6) is 0.393. The van der Waals surface area contributed by atoms with Crippen LogP contribution in [0.25, 0.3) is 10.3 Å². The predicted octanol–water partition coefficient (Wildman–Crippen LogP) is 2.59. The molecule has 2 aromatic heterocycles. The summed E-state index contributed by atoms with van der Waals surface area (Å²) < 4.78 is 6.20. The molecule has 0 aliphatic carbocycles.